The van der Waals surface area contributed by atoms with Crippen molar-refractivity contribution in [2.45, 2.75) is 57.6 Å². The molecule has 2 heterocycles. The van der Waals surface area contributed by atoms with Crippen LogP contribution in [0.4, 0.5) is 4.79 Å². The topological polar surface area (TPSA) is 70.1 Å². The Morgan fingerprint density at radius 2 is 1.86 bits per heavy atom. The molecule has 1 atom stereocenters. The molecule has 2 aliphatic heterocycles. The Kier molecular flexibility index (Phi) is 5.85. The predicted molar refractivity (Wildman–Crippen MR) is 78.2 cm³/mol. The molecule has 2 rings (SSSR count). The molecule has 21 heavy (non-hydrogen) atoms. The van der Waals surface area contributed by atoms with Crippen LogP contribution < -0.4 is 0 Å². The average molecular weight is 298 g/mol. The first-order valence-corrected chi connectivity index (χ1v) is 7.97. The van der Waals surface area contributed by atoms with Gasteiger partial charge in [-0.25, -0.2) is 4.79 Å². The lowest BCUT2D eigenvalue weighted by Crippen LogP contribution is -2.52. The number of carboxylic acid groups (broad SMARTS) is 1. The quantitative estimate of drug-likeness (QED) is 0.861. The van der Waals surface area contributed by atoms with Gasteiger partial charge in [0.2, 0.25) is 0 Å². The van der Waals surface area contributed by atoms with Gasteiger partial charge in [-0.15, -0.1) is 0 Å². The van der Waals surface area contributed by atoms with Gasteiger partial charge < -0.3 is 19.6 Å². The molecule has 0 aromatic carbocycles. The third kappa shape index (κ3) is 4.59. The van der Waals surface area contributed by atoms with Crippen LogP contribution in [0.3, 0.4) is 0 Å². The van der Waals surface area contributed by atoms with Gasteiger partial charge in [-0.3, -0.25) is 4.79 Å². The first kappa shape index (κ1) is 16.1. The first-order chi connectivity index (χ1) is 10.1. The Morgan fingerprint density at radius 3 is 2.48 bits per heavy atom. The molecule has 6 heteroatoms. The van der Waals surface area contributed by atoms with Gasteiger partial charge in [-0.05, 0) is 39.0 Å². The number of hydrogen-bond acceptors (Lipinski definition) is 3. The molecule has 120 valence electrons. The van der Waals surface area contributed by atoms with Crippen molar-refractivity contribution < 1.29 is 19.4 Å². The standard InChI is InChI=1S/C15H26N2O4/c1-12-4-2-3-8-17(12)15(20)16-9-5-13(6-10-16)21-11-7-14(18)19/h12-13H,2-11H2,1H3,(H,18,19). The van der Waals surface area contributed by atoms with Gasteiger partial charge in [0.05, 0.1) is 19.1 Å². The van der Waals surface area contributed by atoms with Crippen LogP contribution in [0.2, 0.25) is 0 Å². The van der Waals surface area contributed by atoms with E-state index in [4.69, 9.17) is 9.84 Å². The largest absolute Gasteiger partial charge is 0.481 e. The van der Waals surface area contributed by atoms with Gasteiger partial charge in [-0.2, -0.15) is 0 Å². The summed E-state index contributed by atoms with van der Waals surface area (Å²) in [6.45, 7) is 4.67. The van der Waals surface area contributed by atoms with Crippen LogP contribution in [0.25, 0.3) is 0 Å². The number of carbonyl (C=O) groups excluding carboxylic acids is 1. The van der Waals surface area contributed by atoms with Crippen molar-refractivity contribution in [1.82, 2.24) is 9.80 Å². The highest BCUT2D eigenvalue weighted by Crippen LogP contribution is 2.21. The summed E-state index contributed by atoms with van der Waals surface area (Å²) in [4.78, 5) is 26.9. The Morgan fingerprint density at radius 1 is 1.14 bits per heavy atom. The van der Waals surface area contributed by atoms with Gasteiger partial charge in [0.25, 0.3) is 0 Å². The van der Waals surface area contributed by atoms with E-state index in [1.807, 2.05) is 9.80 Å². The average Bonchev–Trinajstić information content (AvgIpc) is 2.47. The number of carbonyl (C=O) groups is 2. The summed E-state index contributed by atoms with van der Waals surface area (Å²) in [6.07, 6.45) is 5.15. The summed E-state index contributed by atoms with van der Waals surface area (Å²) in [6, 6.07) is 0.502. The molecule has 2 amide bonds. The van der Waals surface area contributed by atoms with E-state index in [-0.39, 0.29) is 25.2 Å². The maximum absolute atomic E-state index is 12.5. The zero-order valence-electron chi connectivity index (χ0n) is 12.8. The highest BCUT2D eigenvalue weighted by atomic mass is 16.5. The molecule has 2 saturated heterocycles. The summed E-state index contributed by atoms with van der Waals surface area (Å²) in [5.74, 6) is -0.832. The van der Waals surface area contributed by atoms with E-state index in [0.29, 0.717) is 19.1 Å². The second-order valence-electron chi connectivity index (χ2n) is 6.02. The van der Waals surface area contributed by atoms with E-state index >= 15 is 0 Å². The molecule has 0 aliphatic carbocycles. The molecule has 1 unspecified atom stereocenters. The summed E-state index contributed by atoms with van der Waals surface area (Å²) < 4.78 is 5.56. The number of hydrogen-bond donors (Lipinski definition) is 1. The van der Waals surface area contributed by atoms with Crippen LogP contribution >= 0.6 is 0 Å². The summed E-state index contributed by atoms with van der Waals surface area (Å²) in [5.41, 5.74) is 0. The minimum absolute atomic E-state index is 0.0461. The summed E-state index contributed by atoms with van der Waals surface area (Å²) >= 11 is 0. The van der Waals surface area contributed by atoms with Crippen LogP contribution in [0.15, 0.2) is 0 Å². The monoisotopic (exact) mass is 298 g/mol. The highest BCUT2D eigenvalue weighted by molar-refractivity contribution is 5.75. The van der Waals surface area contributed by atoms with Gasteiger partial charge >= 0.3 is 12.0 Å². The fourth-order valence-corrected chi connectivity index (χ4v) is 3.09. The van der Waals surface area contributed by atoms with Crippen molar-refractivity contribution in [2.75, 3.05) is 26.2 Å². The molecule has 6 nitrogen and oxygen atoms in total. The molecular weight excluding hydrogens is 272 g/mol. The van der Waals surface area contributed by atoms with Gasteiger partial charge in [-0.1, -0.05) is 0 Å². The maximum atomic E-state index is 12.5. The minimum atomic E-state index is -0.832. The molecule has 0 spiro atoms. The Balaban J connectivity index is 1.72. The fraction of sp³-hybridized carbons (Fsp3) is 0.867. The van der Waals surface area contributed by atoms with Gasteiger partial charge in [0, 0.05) is 25.7 Å². The predicted octanol–water partition coefficient (Wildman–Crippen LogP) is 1.94. The Labute approximate surface area is 126 Å². The summed E-state index contributed by atoms with van der Waals surface area (Å²) in [7, 11) is 0. The summed E-state index contributed by atoms with van der Waals surface area (Å²) in [5, 5.41) is 8.59. The molecule has 0 radical (unpaired) electrons. The Bertz CT molecular complexity index is 367. The normalized spacial score (nSPS) is 24.1. The van der Waals surface area contributed by atoms with E-state index in [1.54, 1.807) is 0 Å². The third-order valence-electron chi connectivity index (χ3n) is 4.43. The molecule has 1 N–H and O–H groups in total. The third-order valence-corrected chi connectivity index (χ3v) is 4.43. The molecule has 0 aromatic rings. The van der Waals surface area contributed by atoms with Crippen LogP contribution in [-0.2, 0) is 9.53 Å². The molecular formula is C15H26N2O4. The number of carboxylic acids is 1. The lowest BCUT2D eigenvalue weighted by molar-refractivity contribution is -0.138. The Hall–Kier alpha value is -1.30. The smallest absolute Gasteiger partial charge is 0.320 e. The number of rotatable bonds is 4. The maximum Gasteiger partial charge on any atom is 0.320 e. The SMILES string of the molecule is CC1CCCCN1C(=O)N1CCC(OCCC(=O)O)CC1. The number of aliphatic carboxylic acids is 1. The van der Waals surface area contributed by atoms with Crippen molar-refractivity contribution in [3.05, 3.63) is 0 Å². The number of amides is 2. The van der Waals surface area contributed by atoms with E-state index in [1.165, 1.54) is 6.42 Å². The number of piperidine rings is 2. The van der Waals surface area contributed by atoms with Crippen molar-refractivity contribution in [1.29, 1.82) is 0 Å². The van der Waals surface area contributed by atoms with Crippen molar-refractivity contribution in [3.8, 4) is 0 Å². The van der Waals surface area contributed by atoms with Crippen LogP contribution in [-0.4, -0.2) is 65.3 Å². The van der Waals surface area contributed by atoms with Gasteiger partial charge in [0.15, 0.2) is 0 Å². The van der Waals surface area contributed by atoms with Crippen molar-refractivity contribution >= 4 is 12.0 Å². The molecule has 0 aromatic heterocycles. The number of likely N-dealkylation sites (tertiary alicyclic amines) is 2. The molecule has 0 saturated carbocycles. The molecule has 2 aliphatic rings. The molecule has 0 bridgehead atoms. The van der Waals surface area contributed by atoms with Crippen LogP contribution in [0.5, 0.6) is 0 Å². The van der Waals surface area contributed by atoms with Crippen LogP contribution in [0, 0.1) is 0 Å². The van der Waals surface area contributed by atoms with Crippen molar-refractivity contribution in [3.63, 3.8) is 0 Å². The van der Waals surface area contributed by atoms with Crippen molar-refractivity contribution in [2.24, 2.45) is 0 Å². The first-order valence-electron chi connectivity index (χ1n) is 7.97. The van der Waals surface area contributed by atoms with E-state index in [2.05, 4.69) is 6.92 Å². The van der Waals surface area contributed by atoms with Crippen LogP contribution in [0.1, 0.15) is 45.4 Å². The van der Waals surface area contributed by atoms with E-state index < -0.39 is 5.97 Å². The lowest BCUT2D eigenvalue weighted by atomic mass is 10.0. The fourth-order valence-electron chi connectivity index (χ4n) is 3.09. The van der Waals surface area contributed by atoms with E-state index in [0.717, 1.165) is 32.2 Å². The second-order valence-corrected chi connectivity index (χ2v) is 6.02. The number of urea groups is 1. The van der Waals surface area contributed by atoms with Gasteiger partial charge in [0.1, 0.15) is 0 Å². The zero-order chi connectivity index (χ0) is 15.2. The number of ether oxygens (including phenoxy) is 1. The zero-order valence-corrected chi connectivity index (χ0v) is 12.8. The highest BCUT2D eigenvalue weighted by Gasteiger charge is 2.30. The minimum Gasteiger partial charge on any atom is -0.481 e. The molecule has 2 fully saturated rings. The second kappa shape index (κ2) is 7.64. The lowest BCUT2D eigenvalue weighted by Gasteiger charge is -2.40. The van der Waals surface area contributed by atoms with E-state index in [9.17, 15) is 9.59 Å². The number of nitrogens with zero attached hydrogens (tertiary/aromatic N) is 2.